The number of aryl methyl sites for hydroxylation is 1. The number of aromatic nitrogens is 2. The van der Waals surface area contributed by atoms with Gasteiger partial charge in [-0.05, 0) is 19.1 Å². The van der Waals surface area contributed by atoms with E-state index in [1.54, 1.807) is 19.1 Å². The summed E-state index contributed by atoms with van der Waals surface area (Å²) in [4.78, 5) is 26.7. The third-order valence-corrected chi connectivity index (χ3v) is 1.98. The molecule has 2 aromatic heterocycles. The highest BCUT2D eigenvalue weighted by Gasteiger charge is 2.07. The van der Waals surface area contributed by atoms with Gasteiger partial charge in [0.25, 0.3) is 5.56 Å². The Hall–Kier alpha value is -1.91. The third-order valence-electron chi connectivity index (χ3n) is 1.98. The van der Waals surface area contributed by atoms with Crippen molar-refractivity contribution >= 4 is 11.1 Å². The van der Waals surface area contributed by atoms with Crippen LogP contribution >= 0.6 is 0 Å². The molecule has 14 heavy (non-hydrogen) atoms. The van der Waals surface area contributed by atoms with E-state index in [0.717, 1.165) is 4.57 Å². The number of pyridine rings is 1. The van der Waals surface area contributed by atoms with Crippen LogP contribution in [0.25, 0.3) is 11.1 Å². The van der Waals surface area contributed by atoms with E-state index in [2.05, 4.69) is 4.98 Å². The van der Waals surface area contributed by atoms with Gasteiger partial charge in [0.05, 0.1) is 0 Å². The van der Waals surface area contributed by atoms with Crippen molar-refractivity contribution in [3.63, 3.8) is 0 Å². The Morgan fingerprint density at radius 3 is 2.79 bits per heavy atom. The van der Waals surface area contributed by atoms with Crippen molar-refractivity contribution in [2.24, 2.45) is 7.05 Å². The van der Waals surface area contributed by atoms with Crippen LogP contribution in [0.4, 0.5) is 0 Å². The molecule has 0 radical (unpaired) electrons. The average molecular weight is 192 g/mol. The molecule has 0 amide bonds. The molecule has 0 spiro atoms. The van der Waals surface area contributed by atoms with Crippen LogP contribution in [0, 0.1) is 6.92 Å². The predicted octanol–water partition coefficient (Wildman–Crippen LogP) is 0.195. The first-order valence-corrected chi connectivity index (χ1v) is 4.07. The van der Waals surface area contributed by atoms with Crippen molar-refractivity contribution < 1.29 is 4.42 Å². The second-order valence-electron chi connectivity index (χ2n) is 3.03. The summed E-state index contributed by atoms with van der Waals surface area (Å²) in [6.07, 6.45) is 0. The van der Waals surface area contributed by atoms with E-state index >= 15 is 0 Å². The lowest BCUT2D eigenvalue weighted by Gasteiger charge is -1.98. The molecule has 0 unspecified atom stereocenters. The van der Waals surface area contributed by atoms with Gasteiger partial charge in [0.1, 0.15) is 0 Å². The third kappa shape index (κ3) is 1.14. The van der Waals surface area contributed by atoms with Gasteiger partial charge < -0.3 is 4.42 Å². The van der Waals surface area contributed by atoms with Gasteiger partial charge in [-0.1, -0.05) is 0 Å². The van der Waals surface area contributed by atoms with E-state index < -0.39 is 11.3 Å². The van der Waals surface area contributed by atoms with Crippen LogP contribution in [0.5, 0.6) is 0 Å². The van der Waals surface area contributed by atoms with E-state index in [4.69, 9.17) is 4.42 Å². The highest BCUT2D eigenvalue weighted by molar-refractivity contribution is 5.70. The fourth-order valence-corrected chi connectivity index (χ4v) is 1.18. The largest absolute Gasteiger partial charge is 0.422 e. The Labute approximate surface area is 78.6 Å². The summed E-state index contributed by atoms with van der Waals surface area (Å²) < 4.78 is 5.77. The summed E-state index contributed by atoms with van der Waals surface area (Å²) in [7, 11) is 1.36. The molecule has 0 bridgehead atoms. The summed E-state index contributed by atoms with van der Waals surface area (Å²) in [5.41, 5.74) is 0.694. The van der Waals surface area contributed by atoms with Crippen LogP contribution in [0.3, 0.4) is 0 Å². The maximum Gasteiger partial charge on any atom is 0.422 e. The van der Waals surface area contributed by atoms with E-state index in [1.807, 2.05) is 0 Å². The lowest BCUT2D eigenvalue weighted by Crippen LogP contribution is -2.30. The highest BCUT2D eigenvalue weighted by Crippen LogP contribution is 2.04. The molecule has 0 fully saturated rings. The summed E-state index contributed by atoms with van der Waals surface area (Å²) in [5, 5.41) is 0. The summed E-state index contributed by atoms with van der Waals surface area (Å²) in [6, 6.07) is 3.26. The van der Waals surface area contributed by atoms with Gasteiger partial charge >= 0.3 is 5.76 Å². The van der Waals surface area contributed by atoms with Crippen LogP contribution in [0.15, 0.2) is 26.1 Å². The second-order valence-corrected chi connectivity index (χ2v) is 3.03. The molecule has 0 aliphatic carbocycles. The lowest BCUT2D eigenvalue weighted by molar-refractivity contribution is 0.483. The molecule has 5 nitrogen and oxygen atoms in total. The van der Waals surface area contributed by atoms with E-state index in [1.165, 1.54) is 7.05 Å². The first-order chi connectivity index (χ1) is 6.59. The fourth-order valence-electron chi connectivity index (χ4n) is 1.18. The van der Waals surface area contributed by atoms with Gasteiger partial charge in [-0.25, -0.2) is 14.3 Å². The number of rotatable bonds is 0. The van der Waals surface area contributed by atoms with Gasteiger partial charge in [0.15, 0.2) is 11.1 Å². The molecule has 2 aromatic rings. The molecule has 0 aliphatic rings. The van der Waals surface area contributed by atoms with Crippen molar-refractivity contribution in [2.45, 2.75) is 6.92 Å². The van der Waals surface area contributed by atoms with E-state index in [9.17, 15) is 9.59 Å². The minimum absolute atomic E-state index is 0.187. The van der Waals surface area contributed by atoms with Gasteiger partial charge in [0, 0.05) is 12.7 Å². The van der Waals surface area contributed by atoms with Gasteiger partial charge in [-0.2, -0.15) is 0 Å². The average Bonchev–Trinajstić information content (AvgIpc) is 2.16. The molecule has 5 heteroatoms. The zero-order valence-electron chi connectivity index (χ0n) is 7.77. The molecular formula is C9H8N2O3. The van der Waals surface area contributed by atoms with Crippen LogP contribution in [0.1, 0.15) is 5.69 Å². The Morgan fingerprint density at radius 2 is 2.07 bits per heavy atom. The maximum absolute atomic E-state index is 11.5. The number of hydrogen-bond acceptors (Lipinski definition) is 4. The normalized spacial score (nSPS) is 10.7. The van der Waals surface area contributed by atoms with E-state index in [0.29, 0.717) is 5.69 Å². The topological polar surface area (TPSA) is 65.1 Å². The van der Waals surface area contributed by atoms with Gasteiger partial charge in [-0.3, -0.25) is 4.79 Å². The molecule has 2 rings (SSSR count). The molecule has 0 saturated carbocycles. The first kappa shape index (κ1) is 8.68. The van der Waals surface area contributed by atoms with Crippen LogP contribution in [-0.2, 0) is 7.05 Å². The van der Waals surface area contributed by atoms with Crippen LogP contribution in [-0.4, -0.2) is 9.55 Å². The standard InChI is InChI=1S/C9H8N2O3/c1-5-3-4-6-7(10-5)8(12)11(2)9(13)14-6/h3-4H,1-2H3. The monoisotopic (exact) mass is 192 g/mol. The minimum atomic E-state index is -0.673. The Morgan fingerprint density at radius 1 is 1.36 bits per heavy atom. The van der Waals surface area contributed by atoms with Crippen molar-refractivity contribution in [2.75, 3.05) is 0 Å². The Balaban J connectivity index is 3.07. The molecule has 2 heterocycles. The van der Waals surface area contributed by atoms with Gasteiger partial charge in [0.2, 0.25) is 0 Å². The lowest BCUT2D eigenvalue weighted by atomic mass is 10.3. The smallest absolute Gasteiger partial charge is 0.407 e. The minimum Gasteiger partial charge on any atom is -0.407 e. The molecule has 0 N–H and O–H groups in total. The number of fused-ring (bicyclic) bond motifs is 1. The van der Waals surface area contributed by atoms with Gasteiger partial charge in [-0.15, -0.1) is 0 Å². The number of nitrogens with zero attached hydrogens (tertiary/aromatic N) is 2. The van der Waals surface area contributed by atoms with E-state index in [-0.39, 0.29) is 11.1 Å². The molecule has 72 valence electrons. The Kier molecular flexibility index (Phi) is 1.73. The van der Waals surface area contributed by atoms with Crippen LogP contribution < -0.4 is 11.3 Å². The molecule has 0 aliphatic heterocycles. The zero-order chi connectivity index (χ0) is 10.3. The second kappa shape index (κ2) is 2.80. The highest BCUT2D eigenvalue weighted by atomic mass is 16.4. The molecule has 0 aromatic carbocycles. The van der Waals surface area contributed by atoms with Crippen molar-refractivity contribution in [3.05, 3.63) is 38.7 Å². The Bertz CT molecular complexity index is 609. The quantitative estimate of drug-likeness (QED) is 0.597. The molecule has 0 saturated heterocycles. The zero-order valence-corrected chi connectivity index (χ0v) is 7.77. The van der Waals surface area contributed by atoms with Crippen molar-refractivity contribution in [1.82, 2.24) is 9.55 Å². The molecule has 0 atom stereocenters. The first-order valence-electron chi connectivity index (χ1n) is 4.07. The SMILES string of the molecule is Cc1ccc2oc(=O)n(C)c(=O)c2n1. The summed E-state index contributed by atoms with van der Waals surface area (Å²) in [6.45, 7) is 1.77. The fraction of sp³-hybridized carbons (Fsp3) is 0.222. The van der Waals surface area contributed by atoms with Crippen LogP contribution in [0.2, 0.25) is 0 Å². The molecular weight excluding hydrogens is 184 g/mol. The number of hydrogen-bond donors (Lipinski definition) is 0. The maximum atomic E-state index is 11.5. The predicted molar refractivity (Wildman–Crippen MR) is 50.3 cm³/mol. The van der Waals surface area contributed by atoms with Crippen molar-refractivity contribution in [1.29, 1.82) is 0 Å². The summed E-state index contributed by atoms with van der Waals surface area (Å²) in [5.74, 6) is -0.673. The summed E-state index contributed by atoms with van der Waals surface area (Å²) >= 11 is 0. The van der Waals surface area contributed by atoms with Crippen molar-refractivity contribution in [3.8, 4) is 0 Å².